The normalized spacial score (nSPS) is 11.6. The van der Waals surface area contributed by atoms with E-state index in [1.54, 1.807) is 18.2 Å². The number of rotatable bonds is 7. The summed E-state index contributed by atoms with van der Waals surface area (Å²) in [6.07, 6.45) is 0.750. The molecule has 0 bridgehead atoms. The van der Waals surface area contributed by atoms with Gasteiger partial charge in [0.1, 0.15) is 5.82 Å². The number of benzene rings is 2. The van der Waals surface area contributed by atoms with Crippen LogP contribution in [0.2, 0.25) is 0 Å². The Morgan fingerprint density at radius 3 is 2.39 bits per heavy atom. The van der Waals surface area contributed by atoms with Gasteiger partial charge in [0.05, 0.1) is 11.4 Å². The Kier molecular flexibility index (Phi) is 9.83. The average Bonchev–Trinajstić information content (AvgIpc) is 2.61. The molecule has 0 atom stereocenters. The van der Waals surface area contributed by atoms with Crippen LogP contribution in [0, 0.1) is 12.7 Å². The summed E-state index contributed by atoms with van der Waals surface area (Å²) in [6, 6.07) is 11.1. The number of nitrogens with zero attached hydrogens (tertiary/aromatic N) is 1. The molecule has 4 N–H and O–H groups in total. The molecule has 0 heterocycles. The lowest BCUT2D eigenvalue weighted by molar-refractivity contribution is 0.597. The van der Waals surface area contributed by atoms with Gasteiger partial charge in [-0.2, -0.15) is 0 Å². The van der Waals surface area contributed by atoms with Gasteiger partial charge in [0.15, 0.2) is 5.96 Å². The summed E-state index contributed by atoms with van der Waals surface area (Å²) in [6.45, 7) is 5.63. The highest BCUT2D eigenvalue weighted by Gasteiger charge is 2.07. The van der Waals surface area contributed by atoms with E-state index < -0.39 is 10.0 Å². The van der Waals surface area contributed by atoms with Gasteiger partial charge in [-0.1, -0.05) is 18.2 Å². The molecule has 0 fully saturated rings. The highest BCUT2D eigenvalue weighted by Crippen LogP contribution is 2.11. The van der Waals surface area contributed by atoms with Crippen molar-refractivity contribution in [1.29, 1.82) is 0 Å². The molecule has 0 amide bonds. The van der Waals surface area contributed by atoms with E-state index in [0.29, 0.717) is 25.6 Å². The van der Waals surface area contributed by atoms with Crippen LogP contribution in [0.25, 0.3) is 0 Å². The highest BCUT2D eigenvalue weighted by atomic mass is 127. The molecule has 0 unspecified atom stereocenters. The zero-order valence-corrected chi connectivity index (χ0v) is 19.1. The maximum absolute atomic E-state index is 13.2. The molecule has 0 aliphatic carbocycles. The fraction of sp³-hybridized carbons (Fsp3) is 0.316. The Labute approximate surface area is 182 Å². The molecule has 0 aromatic heterocycles. The van der Waals surface area contributed by atoms with E-state index in [1.807, 2.05) is 13.8 Å². The van der Waals surface area contributed by atoms with E-state index in [4.69, 9.17) is 5.14 Å². The number of nitrogens with one attached hydrogen (secondary N) is 2. The third-order valence-electron chi connectivity index (χ3n) is 4.01. The molecule has 0 spiro atoms. The smallest absolute Gasteiger partial charge is 0.238 e. The molecular formula is C19H26FIN4O2S. The van der Waals surface area contributed by atoms with Crippen LogP contribution in [0.4, 0.5) is 4.39 Å². The minimum Gasteiger partial charge on any atom is -0.357 e. The summed E-state index contributed by atoms with van der Waals surface area (Å²) in [5.41, 5.74) is 2.88. The summed E-state index contributed by atoms with van der Waals surface area (Å²) < 4.78 is 35.7. The number of nitrogens with two attached hydrogens (primary N) is 1. The third kappa shape index (κ3) is 7.72. The molecule has 9 heteroatoms. The zero-order chi connectivity index (χ0) is 19.9. The molecule has 2 aromatic rings. The summed E-state index contributed by atoms with van der Waals surface area (Å²) in [7, 11) is -3.69. The number of aliphatic imine (C=N–C) groups is 1. The molecule has 6 nitrogen and oxygen atoms in total. The van der Waals surface area contributed by atoms with Crippen LogP contribution in [-0.2, 0) is 23.0 Å². The third-order valence-corrected chi connectivity index (χ3v) is 4.94. The predicted octanol–water partition coefficient (Wildman–Crippen LogP) is 2.70. The lowest BCUT2D eigenvalue weighted by Gasteiger charge is -2.12. The second-order valence-electron chi connectivity index (χ2n) is 6.13. The maximum Gasteiger partial charge on any atom is 0.238 e. The number of aryl methyl sites for hydroxylation is 1. The second kappa shape index (κ2) is 11.3. The average molecular weight is 520 g/mol. The van der Waals surface area contributed by atoms with E-state index in [2.05, 4.69) is 15.6 Å². The van der Waals surface area contributed by atoms with Crippen molar-refractivity contribution in [3.63, 3.8) is 0 Å². The lowest BCUT2D eigenvalue weighted by Crippen LogP contribution is -2.38. The minimum absolute atomic E-state index is 0. The van der Waals surface area contributed by atoms with Gasteiger partial charge in [0, 0.05) is 13.1 Å². The topological polar surface area (TPSA) is 96.6 Å². The van der Waals surface area contributed by atoms with Gasteiger partial charge in [0.2, 0.25) is 10.0 Å². The first-order chi connectivity index (χ1) is 12.8. The number of primary sulfonamides is 1. The highest BCUT2D eigenvalue weighted by molar-refractivity contribution is 14.0. The van der Waals surface area contributed by atoms with E-state index in [-0.39, 0.29) is 34.7 Å². The van der Waals surface area contributed by atoms with Crippen LogP contribution in [-0.4, -0.2) is 27.5 Å². The van der Waals surface area contributed by atoms with Crippen LogP contribution < -0.4 is 15.8 Å². The molecule has 2 aromatic carbocycles. The fourth-order valence-corrected chi connectivity index (χ4v) is 3.07. The number of halogens is 2. The summed E-state index contributed by atoms with van der Waals surface area (Å²) in [5, 5.41) is 11.5. The van der Waals surface area contributed by atoms with Gasteiger partial charge in [-0.3, -0.25) is 0 Å². The molecule has 0 aliphatic heterocycles. The molecular weight excluding hydrogens is 494 g/mol. The number of guanidine groups is 1. The van der Waals surface area contributed by atoms with Gasteiger partial charge in [-0.15, -0.1) is 24.0 Å². The largest absolute Gasteiger partial charge is 0.357 e. The summed E-state index contributed by atoms with van der Waals surface area (Å²) >= 11 is 0. The molecule has 0 saturated carbocycles. The van der Waals surface area contributed by atoms with Crippen molar-refractivity contribution >= 4 is 40.0 Å². The van der Waals surface area contributed by atoms with Gasteiger partial charge in [-0.05, 0) is 61.2 Å². The Bertz CT molecular complexity index is 903. The predicted molar refractivity (Wildman–Crippen MR) is 121 cm³/mol. The van der Waals surface area contributed by atoms with E-state index in [1.165, 1.54) is 24.3 Å². The van der Waals surface area contributed by atoms with Gasteiger partial charge in [-0.25, -0.2) is 22.9 Å². The van der Waals surface area contributed by atoms with Crippen LogP contribution in [0.3, 0.4) is 0 Å². The lowest BCUT2D eigenvalue weighted by atomic mass is 10.1. The Morgan fingerprint density at radius 1 is 1.14 bits per heavy atom. The fourth-order valence-electron chi connectivity index (χ4n) is 2.55. The number of hydrogen-bond acceptors (Lipinski definition) is 3. The van der Waals surface area contributed by atoms with E-state index >= 15 is 0 Å². The summed E-state index contributed by atoms with van der Waals surface area (Å²) in [5.74, 6) is 0.431. The van der Waals surface area contributed by atoms with Crippen LogP contribution in [0.5, 0.6) is 0 Å². The van der Waals surface area contributed by atoms with Crippen LogP contribution >= 0.6 is 24.0 Å². The van der Waals surface area contributed by atoms with Crippen molar-refractivity contribution in [3.05, 3.63) is 65.0 Å². The first-order valence-corrected chi connectivity index (χ1v) is 10.2. The van der Waals surface area contributed by atoms with Gasteiger partial charge >= 0.3 is 0 Å². The van der Waals surface area contributed by atoms with Crippen LogP contribution in [0.1, 0.15) is 23.6 Å². The van der Waals surface area contributed by atoms with Crippen molar-refractivity contribution in [2.45, 2.75) is 31.7 Å². The Hall–Kier alpha value is -1.72. The molecule has 2 rings (SSSR count). The van der Waals surface area contributed by atoms with Gasteiger partial charge in [0.25, 0.3) is 0 Å². The zero-order valence-electron chi connectivity index (χ0n) is 15.9. The molecule has 0 aliphatic rings. The summed E-state index contributed by atoms with van der Waals surface area (Å²) in [4.78, 5) is 4.58. The SMILES string of the molecule is CCNC(=NCc1ccc(S(N)(=O)=O)cc1)NCCc1ccc(F)cc1C.I. The maximum atomic E-state index is 13.2. The standard InChI is InChI=1S/C19H25FN4O2S.HI/c1-3-22-19(23-11-10-16-6-7-17(20)12-14(16)2)24-13-15-4-8-18(9-5-15)27(21,25)26;/h4-9,12H,3,10-11,13H2,1-2H3,(H2,21,25,26)(H2,22,23,24);1H. The molecule has 0 radical (unpaired) electrons. The minimum atomic E-state index is -3.69. The van der Waals surface area contributed by atoms with Crippen molar-refractivity contribution in [1.82, 2.24) is 10.6 Å². The van der Waals surface area contributed by atoms with Crippen LogP contribution in [0.15, 0.2) is 52.4 Å². The first-order valence-electron chi connectivity index (χ1n) is 8.68. The van der Waals surface area contributed by atoms with E-state index in [9.17, 15) is 12.8 Å². The Morgan fingerprint density at radius 2 is 1.82 bits per heavy atom. The van der Waals surface area contributed by atoms with Crippen molar-refractivity contribution in [2.24, 2.45) is 10.1 Å². The van der Waals surface area contributed by atoms with Gasteiger partial charge < -0.3 is 10.6 Å². The number of hydrogen-bond donors (Lipinski definition) is 3. The quantitative estimate of drug-likeness (QED) is 0.297. The van der Waals surface area contributed by atoms with Crippen molar-refractivity contribution < 1.29 is 12.8 Å². The monoisotopic (exact) mass is 520 g/mol. The van der Waals surface area contributed by atoms with Crippen molar-refractivity contribution in [3.8, 4) is 0 Å². The second-order valence-corrected chi connectivity index (χ2v) is 7.69. The Balaban J connectivity index is 0.00000392. The molecule has 0 saturated heterocycles. The van der Waals surface area contributed by atoms with E-state index in [0.717, 1.165) is 23.1 Å². The molecule has 28 heavy (non-hydrogen) atoms. The first kappa shape index (κ1) is 24.3. The number of sulfonamides is 1. The molecule has 154 valence electrons. The van der Waals surface area contributed by atoms with Crippen molar-refractivity contribution in [2.75, 3.05) is 13.1 Å².